The second kappa shape index (κ2) is 6.77. The molecule has 1 amide bonds. The molecule has 0 atom stereocenters. The van der Waals surface area contributed by atoms with E-state index in [1.165, 1.54) is 0 Å². The number of carbonyl (C=O) groups is 2. The van der Waals surface area contributed by atoms with Gasteiger partial charge in [-0.15, -0.1) is 0 Å². The third-order valence-electron chi connectivity index (χ3n) is 2.56. The molecular formula is C14H13ClN2O3. The Hall–Kier alpha value is -2.27. The van der Waals surface area contributed by atoms with Crippen LogP contribution in [-0.2, 0) is 16.1 Å². The average molecular weight is 293 g/mol. The number of amides is 1. The van der Waals surface area contributed by atoms with Crippen LogP contribution in [0.5, 0.6) is 0 Å². The van der Waals surface area contributed by atoms with E-state index in [9.17, 15) is 9.59 Å². The summed E-state index contributed by atoms with van der Waals surface area (Å²) in [7, 11) is 0. The van der Waals surface area contributed by atoms with Crippen molar-refractivity contribution in [1.29, 1.82) is 0 Å². The van der Waals surface area contributed by atoms with Crippen molar-refractivity contribution in [3.63, 3.8) is 0 Å². The number of halogens is 1. The molecule has 0 unspecified atom stereocenters. The number of H-pyrrole nitrogens is 1. The lowest BCUT2D eigenvalue weighted by Crippen LogP contribution is -2.28. The van der Waals surface area contributed by atoms with Crippen molar-refractivity contribution >= 4 is 23.5 Å². The maximum absolute atomic E-state index is 11.5. The summed E-state index contributed by atoms with van der Waals surface area (Å²) >= 11 is 5.76. The summed E-state index contributed by atoms with van der Waals surface area (Å²) in [6, 6.07) is 10.4. The van der Waals surface area contributed by atoms with Crippen LogP contribution in [0.2, 0.25) is 5.02 Å². The first-order chi connectivity index (χ1) is 9.65. The van der Waals surface area contributed by atoms with E-state index in [0.717, 1.165) is 5.56 Å². The van der Waals surface area contributed by atoms with Crippen molar-refractivity contribution in [2.75, 3.05) is 6.61 Å². The molecule has 0 radical (unpaired) electrons. The van der Waals surface area contributed by atoms with E-state index in [1.54, 1.807) is 30.5 Å². The van der Waals surface area contributed by atoms with Gasteiger partial charge in [-0.25, -0.2) is 4.79 Å². The first-order valence-corrected chi connectivity index (χ1v) is 6.34. The molecule has 104 valence electrons. The van der Waals surface area contributed by atoms with Crippen molar-refractivity contribution in [3.8, 4) is 0 Å². The smallest absolute Gasteiger partial charge is 0.355 e. The van der Waals surface area contributed by atoms with Crippen LogP contribution in [0.25, 0.3) is 0 Å². The Morgan fingerprint density at radius 3 is 2.60 bits per heavy atom. The van der Waals surface area contributed by atoms with Crippen molar-refractivity contribution in [2.24, 2.45) is 0 Å². The Balaban J connectivity index is 1.73. The molecule has 0 aliphatic rings. The van der Waals surface area contributed by atoms with E-state index in [-0.39, 0.29) is 12.5 Å². The lowest BCUT2D eigenvalue weighted by atomic mass is 10.2. The number of ether oxygens (including phenoxy) is 1. The van der Waals surface area contributed by atoms with E-state index >= 15 is 0 Å². The van der Waals surface area contributed by atoms with Gasteiger partial charge in [0.05, 0.1) is 0 Å². The highest BCUT2D eigenvalue weighted by Gasteiger charge is 2.10. The normalized spacial score (nSPS) is 10.1. The van der Waals surface area contributed by atoms with Gasteiger partial charge >= 0.3 is 5.97 Å². The molecule has 0 bridgehead atoms. The van der Waals surface area contributed by atoms with Crippen LogP contribution in [0.4, 0.5) is 0 Å². The number of rotatable bonds is 5. The molecule has 2 N–H and O–H groups in total. The molecule has 0 spiro atoms. The molecule has 0 saturated heterocycles. The Kier molecular flexibility index (Phi) is 4.79. The summed E-state index contributed by atoms with van der Waals surface area (Å²) in [6.45, 7) is 0.0432. The van der Waals surface area contributed by atoms with E-state index in [1.807, 2.05) is 12.1 Å². The second-order valence-corrected chi connectivity index (χ2v) is 4.50. The van der Waals surface area contributed by atoms with Gasteiger partial charge in [0.25, 0.3) is 5.91 Å². The maximum atomic E-state index is 11.5. The molecule has 0 aliphatic carbocycles. The largest absolute Gasteiger partial charge is 0.451 e. The van der Waals surface area contributed by atoms with Crippen LogP contribution in [0.15, 0.2) is 42.6 Å². The van der Waals surface area contributed by atoms with Crippen molar-refractivity contribution in [3.05, 3.63) is 58.9 Å². The fourth-order valence-electron chi connectivity index (χ4n) is 1.52. The molecule has 0 aliphatic heterocycles. The van der Waals surface area contributed by atoms with Crippen LogP contribution in [-0.4, -0.2) is 23.5 Å². The van der Waals surface area contributed by atoms with Gasteiger partial charge in [0.2, 0.25) is 0 Å². The van der Waals surface area contributed by atoms with E-state index in [0.29, 0.717) is 17.3 Å². The Morgan fingerprint density at radius 2 is 1.95 bits per heavy atom. The predicted octanol–water partition coefficient (Wildman–Crippen LogP) is 2.14. The molecule has 20 heavy (non-hydrogen) atoms. The van der Waals surface area contributed by atoms with Gasteiger partial charge in [-0.2, -0.15) is 0 Å². The number of esters is 1. The first kappa shape index (κ1) is 14.1. The molecule has 2 aromatic rings. The van der Waals surface area contributed by atoms with Crippen LogP contribution in [0, 0.1) is 0 Å². The molecular weight excluding hydrogens is 280 g/mol. The number of hydrogen-bond acceptors (Lipinski definition) is 3. The average Bonchev–Trinajstić information content (AvgIpc) is 2.98. The zero-order chi connectivity index (χ0) is 14.4. The van der Waals surface area contributed by atoms with Crippen LogP contribution >= 0.6 is 11.6 Å². The molecule has 1 aromatic carbocycles. The summed E-state index contributed by atoms with van der Waals surface area (Å²) < 4.78 is 4.85. The topological polar surface area (TPSA) is 71.2 Å². The summed E-state index contributed by atoms with van der Waals surface area (Å²) in [4.78, 5) is 25.7. The van der Waals surface area contributed by atoms with Gasteiger partial charge in [0.15, 0.2) is 6.61 Å². The maximum Gasteiger partial charge on any atom is 0.355 e. The number of aromatic nitrogens is 1. The first-order valence-electron chi connectivity index (χ1n) is 5.97. The number of hydrogen-bond donors (Lipinski definition) is 2. The predicted molar refractivity (Wildman–Crippen MR) is 74.4 cm³/mol. The second-order valence-electron chi connectivity index (χ2n) is 4.06. The van der Waals surface area contributed by atoms with Gasteiger partial charge in [0, 0.05) is 17.8 Å². The fraction of sp³-hybridized carbons (Fsp3) is 0.143. The van der Waals surface area contributed by atoms with Crippen LogP contribution < -0.4 is 5.32 Å². The Morgan fingerprint density at radius 1 is 1.20 bits per heavy atom. The number of benzene rings is 1. The molecule has 2 rings (SSSR count). The van der Waals surface area contributed by atoms with Crippen molar-refractivity contribution in [2.45, 2.75) is 6.54 Å². The highest BCUT2D eigenvalue weighted by molar-refractivity contribution is 6.30. The van der Waals surface area contributed by atoms with Crippen molar-refractivity contribution < 1.29 is 14.3 Å². The molecule has 5 nitrogen and oxygen atoms in total. The fourth-order valence-corrected chi connectivity index (χ4v) is 1.65. The quantitative estimate of drug-likeness (QED) is 0.830. The summed E-state index contributed by atoms with van der Waals surface area (Å²) in [6.07, 6.45) is 1.61. The van der Waals surface area contributed by atoms with Gasteiger partial charge in [0.1, 0.15) is 5.69 Å². The van der Waals surface area contributed by atoms with Gasteiger partial charge in [-0.3, -0.25) is 4.79 Å². The van der Waals surface area contributed by atoms with E-state index in [2.05, 4.69) is 10.3 Å². The Labute approximate surface area is 120 Å². The minimum atomic E-state index is -0.559. The third-order valence-corrected chi connectivity index (χ3v) is 2.81. The zero-order valence-electron chi connectivity index (χ0n) is 10.6. The van der Waals surface area contributed by atoms with Gasteiger partial charge < -0.3 is 15.0 Å². The Bertz CT molecular complexity index is 579. The summed E-state index contributed by atoms with van der Waals surface area (Å²) in [5.74, 6) is -0.920. The lowest BCUT2D eigenvalue weighted by molar-refractivity contribution is -0.124. The SMILES string of the molecule is O=C(COC(=O)c1ccc[nH]1)NCc1ccc(Cl)cc1. The molecule has 6 heteroatoms. The number of aromatic amines is 1. The highest BCUT2D eigenvalue weighted by Crippen LogP contribution is 2.09. The zero-order valence-corrected chi connectivity index (χ0v) is 11.3. The monoisotopic (exact) mass is 292 g/mol. The number of carbonyl (C=O) groups excluding carboxylic acids is 2. The minimum absolute atomic E-state index is 0.314. The van der Waals surface area contributed by atoms with Gasteiger partial charge in [-0.05, 0) is 29.8 Å². The van der Waals surface area contributed by atoms with E-state index in [4.69, 9.17) is 16.3 Å². The molecule has 1 heterocycles. The lowest BCUT2D eigenvalue weighted by Gasteiger charge is -2.06. The molecule has 0 saturated carbocycles. The summed E-state index contributed by atoms with van der Waals surface area (Å²) in [5, 5.41) is 3.29. The van der Waals surface area contributed by atoms with E-state index < -0.39 is 5.97 Å². The third kappa shape index (κ3) is 4.13. The standard InChI is InChI=1S/C14H13ClN2O3/c15-11-5-3-10(4-6-11)8-17-13(18)9-20-14(19)12-2-1-7-16-12/h1-7,16H,8-9H2,(H,17,18). The van der Waals surface area contributed by atoms with Crippen LogP contribution in [0.3, 0.4) is 0 Å². The summed E-state index contributed by atoms with van der Waals surface area (Å²) in [5.41, 5.74) is 1.23. The van der Waals surface area contributed by atoms with Crippen molar-refractivity contribution in [1.82, 2.24) is 10.3 Å². The molecule has 1 aromatic heterocycles. The highest BCUT2D eigenvalue weighted by atomic mass is 35.5. The minimum Gasteiger partial charge on any atom is -0.451 e. The van der Waals surface area contributed by atoms with Crippen LogP contribution in [0.1, 0.15) is 16.1 Å². The number of nitrogens with one attached hydrogen (secondary N) is 2. The molecule has 0 fully saturated rings. The van der Waals surface area contributed by atoms with Gasteiger partial charge in [-0.1, -0.05) is 23.7 Å².